The highest BCUT2D eigenvalue weighted by Gasteiger charge is 2.28. The third-order valence-corrected chi connectivity index (χ3v) is 6.84. The van der Waals surface area contributed by atoms with Crippen molar-refractivity contribution < 1.29 is 14.3 Å². The maximum Gasteiger partial charge on any atom is 0.261 e. The molecule has 1 atom stereocenters. The molecule has 2 amide bonds. The second-order valence-electron chi connectivity index (χ2n) is 7.68. The molecule has 1 unspecified atom stereocenters. The Kier molecular flexibility index (Phi) is 8.86. The molecule has 0 radical (unpaired) electrons. The number of hydrogen-bond donors (Lipinski definition) is 1. The van der Waals surface area contributed by atoms with Gasteiger partial charge in [0.2, 0.25) is 5.91 Å². The highest BCUT2D eigenvalue weighted by Crippen LogP contribution is 2.24. The zero-order valence-corrected chi connectivity index (χ0v) is 20.9. The smallest absolute Gasteiger partial charge is 0.261 e. The minimum Gasteiger partial charge on any atom is -0.484 e. The van der Waals surface area contributed by atoms with Crippen LogP contribution in [-0.4, -0.2) is 35.4 Å². The van der Waals surface area contributed by atoms with Crippen LogP contribution in [0.25, 0.3) is 0 Å². The van der Waals surface area contributed by atoms with E-state index in [1.807, 2.05) is 24.3 Å². The Morgan fingerprint density at radius 1 is 1.13 bits per heavy atom. The van der Waals surface area contributed by atoms with E-state index in [2.05, 4.69) is 27.9 Å². The van der Waals surface area contributed by atoms with Crippen LogP contribution >= 0.6 is 45.8 Å². The molecule has 31 heavy (non-hydrogen) atoms. The van der Waals surface area contributed by atoms with Crippen LogP contribution < -0.4 is 10.1 Å². The fraction of sp³-hybridized carbons (Fsp3) is 0.391. The number of carbonyl (C=O) groups is 2. The third kappa shape index (κ3) is 6.99. The molecule has 2 aromatic carbocycles. The Bertz CT molecular complexity index is 918. The van der Waals surface area contributed by atoms with Crippen LogP contribution in [0.2, 0.25) is 10.0 Å². The van der Waals surface area contributed by atoms with Crippen molar-refractivity contribution >= 4 is 57.6 Å². The molecule has 5 nitrogen and oxygen atoms in total. The summed E-state index contributed by atoms with van der Waals surface area (Å²) in [4.78, 5) is 27.5. The molecule has 1 N–H and O–H groups in total. The lowest BCUT2D eigenvalue weighted by Crippen LogP contribution is -2.50. The van der Waals surface area contributed by atoms with E-state index in [-0.39, 0.29) is 31.0 Å². The SMILES string of the molecule is CC(C(=O)NC1CCCC1)N(Cc1ccc(Cl)c(Cl)c1)C(=O)COc1ccc(I)cc1. The Hall–Kier alpha value is -1.51. The number of rotatable bonds is 8. The first-order chi connectivity index (χ1) is 14.8. The van der Waals surface area contributed by atoms with E-state index in [1.165, 1.54) is 4.90 Å². The van der Waals surface area contributed by atoms with Gasteiger partial charge in [0.15, 0.2) is 6.61 Å². The number of halogens is 3. The van der Waals surface area contributed by atoms with Gasteiger partial charge in [-0.1, -0.05) is 42.1 Å². The maximum atomic E-state index is 13.1. The number of carbonyl (C=O) groups excluding carboxylic acids is 2. The fourth-order valence-electron chi connectivity index (χ4n) is 3.57. The summed E-state index contributed by atoms with van der Waals surface area (Å²) in [6.07, 6.45) is 4.20. The van der Waals surface area contributed by atoms with Crippen molar-refractivity contribution in [2.75, 3.05) is 6.61 Å². The van der Waals surface area contributed by atoms with E-state index in [9.17, 15) is 9.59 Å². The number of benzene rings is 2. The van der Waals surface area contributed by atoms with E-state index in [1.54, 1.807) is 25.1 Å². The average molecular weight is 575 g/mol. The van der Waals surface area contributed by atoms with Gasteiger partial charge >= 0.3 is 0 Å². The van der Waals surface area contributed by atoms with Crippen LogP contribution in [0, 0.1) is 3.57 Å². The molecule has 2 aromatic rings. The van der Waals surface area contributed by atoms with E-state index in [0.29, 0.717) is 15.8 Å². The van der Waals surface area contributed by atoms with Crippen molar-refractivity contribution in [1.82, 2.24) is 10.2 Å². The average Bonchev–Trinajstić information content (AvgIpc) is 3.26. The minimum atomic E-state index is -0.650. The van der Waals surface area contributed by atoms with Crippen molar-refractivity contribution in [3.63, 3.8) is 0 Å². The van der Waals surface area contributed by atoms with Gasteiger partial charge in [0, 0.05) is 16.2 Å². The Balaban J connectivity index is 1.72. The lowest BCUT2D eigenvalue weighted by molar-refractivity contribution is -0.142. The maximum absolute atomic E-state index is 13.1. The van der Waals surface area contributed by atoms with Crippen LogP contribution in [-0.2, 0) is 16.1 Å². The first-order valence-corrected chi connectivity index (χ1v) is 12.1. The van der Waals surface area contributed by atoms with Gasteiger partial charge in [-0.05, 0) is 84.3 Å². The molecule has 0 bridgehead atoms. The van der Waals surface area contributed by atoms with Gasteiger partial charge < -0.3 is 15.0 Å². The highest BCUT2D eigenvalue weighted by molar-refractivity contribution is 14.1. The molecule has 1 saturated carbocycles. The molecule has 0 aliphatic heterocycles. The summed E-state index contributed by atoms with van der Waals surface area (Å²) in [6, 6.07) is 12.2. The first kappa shape index (κ1) is 24.1. The van der Waals surface area contributed by atoms with E-state index < -0.39 is 6.04 Å². The molecule has 0 heterocycles. The lowest BCUT2D eigenvalue weighted by atomic mass is 10.1. The Morgan fingerprint density at radius 3 is 2.45 bits per heavy atom. The number of amides is 2. The second kappa shape index (κ2) is 11.4. The molecular weight excluding hydrogens is 550 g/mol. The zero-order chi connectivity index (χ0) is 22.4. The normalized spacial score (nSPS) is 14.8. The number of hydrogen-bond acceptors (Lipinski definition) is 3. The van der Waals surface area contributed by atoms with Gasteiger partial charge in [0.1, 0.15) is 11.8 Å². The van der Waals surface area contributed by atoms with E-state index >= 15 is 0 Å². The van der Waals surface area contributed by atoms with Gasteiger partial charge in [-0.2, -0.15) is 0 Å². The monoisotopic (exact) mass is 574 g/mol. The van der Waals surface area contributed by atoms with Crippen molar-refractivity contribution in [3.8, 4) is 5.75 Å². The van der Waals surface area contributed by atoms with Gasteiger partial charge in [0.05, 0.1) is 10.0 Å². The van der Waals surface area contributed by atoms with Crippen molar-refractivity contribution in [2.45, 2.75) is 51.2 Å². The summed E-state index contributed by atoms with van der Waals surface area (Å²) in [7, 11) is 0. The van der Waals surface area contributed by atoms with Crippen molar-refractivity contribution in [2.24, 2.45) is 0 Å². The lowest BCUT2D eigenvalue weighted by Gasteiger charge is -2.29. The molecule has 8 heteroatoms. The third-order valence-electron chi connectivity index (χ3n) is 5.38. The highest BCUT2D eigenvalue weighted by atomic mass is 127. The summed E-state index contributed by atoms with van der Waals surface area (Å²) in [6.45, 7) is 1.80. The molecule has 1 aliphatic rings. The van der Waals surface area contributed by atoms with Crippen LogP contribution in [0.4, 0.5) is 0 Å². The summed E-state index contributed by atoms with van der Waals surface area (Å²) < 4.78 is 6.75. The van der Waals surface area contributed by atoms with Crippen LogP contribution in [0.15, 0.2) is 42.5 Å². The second-order valence-corrected chi connectivity index (χ2v) is 9.74. The molecule has 1 fully saturated rings. The molecule has 0 spiro atoms. The van der Waals surface area contributed by atoms with Crippen molar-refractivity contribution in [1.29, 1.82) is 0 Å². The van der Waals surface area contributed by atoms with E-state index in [4.69, 9.17) is 27.9 Å². The predicted molar refractivity (Wildman–Crippen MR) is 132 cm³/mol. The summed E-state index contributed by atoms with van der Waals surface area (Å²) >= 11 is 14.4. The van der Waals surface area contributed by atoms with Crippen LogP contribution in [0.5, 0.6) is 5.75 Å². The fourth-order valence-corrected chi connectivity index (χ4v) is 4.25. The number of nitrogens with zero attached hydrogens (tertiary/aromatic N) is 1. The van der Waals surface area contributed by atoms with E-state index in [0.717, 1.165) is 34.8 Å². The summed E-state index contributed by atoms with van der Waals surface area (Å²) in [5, 5.41) is 3.93. The quantitative estimate of drug-likeness (QED) is 0.426. The molecular formula is C23H25Cl2IN2O3. The molecule has 1 aliphatic carbocycles. The van der Waals surface area contributed by atoms with Crippen molar-refractivity contribution in [3.05, 3.63) is 61.6 Å². The summed E-state index contributed by atoms with van der Waals surface area (Å²) in [5.41, 5.74) is 0.789. The zero-order valence-electron chi connectivity index (χ0n) is 17.2. The number of nitrogens with one attached hydrogen (secondary N) is 1. The van der Waals surface area contributed by atoms with Gasteiger partial charge in [0.25, 0.3) is 5.91 Å². The Morgan fingerprint density at radius 2 is 1.81 bits per heavy atom. The molecule has 0 aromatic heterocycles. The van der Waals surface area contributed by atoms with Crippen LogP contribution in [0.3, 0.4) is 0 Å². The first-order valence-electron chi connectivity index (χ1n) is 10.3. The molecule has 0 saturated heterocycles. The summed E-state index contributed by atoms with van der Waals surface area (Å²) in [5.74, 6) is 0.166. The topological polar surface area (TPSA) is 58.6 Å². The van der Waals surface area contributed by atoms with Crippen LogP contribution in [0.1, 0.15) is 38.2 Å². The Labute approximate surface area is 206 Å². The van der Waals surface area contributed by atoms with Gasteiger partial charge in [-0.3, -0.25) is 9.59 Å². The molecule has 3 rings (SSSR count). The largest absolute Gasteiger partial charge is 0.484 e. The van der Waals surface area contributed by atoms with Gasteiger partial charge in [-0.25, -0.2) is 0 Å². The predicted octanol–water partition coefficient (Wildman–Crippen LogP) is 5.45. The molecule has 166 valence electrons. The standard InChI is InChI=1S/C23H25Cl2IN2O3/c1-15(23(30)27-18-4-2-3-5-18)28(13-16-6-11-20(24)21(25)12-16)22(29)14-31-19-9-7-17(26)8-10-19/h6-12,15,18H,2-5,13-14H2,1H3,(H,27,30). The minimum absolute atomic E-state index is 0.158. The van der Waals surface area contributed by atoms with Gasteiger partial charge in [-0.15, -0.1) is 0 Å². The number of ether oxygens (including phenoxy) is 1.